The predicted octanol–water partition coefficient (Wildman–Crippen LogP) is 6.69. The van der Waals surface area contributed by atoms with Gasteiger partial charge in [0.1, 0.15) is 3.92 Å². The van der Waals surface area contributed by atoms with Crippen molar-refractivity contribution >= 4 is 47.7 Å². The van der Waals surface area contributed by atoms with E-state index < -0.39 is 36.8 Å². The molecule has 0 saturated carbocycles. The number of unbranched alkanes of at least 4 members (excludes halogenated alkanes) is 1. The van der Waals surface area contributed by atoms with Crippen LogP contribution >= 0.6 is 20.7 Å². The van der Waals surface area contributed by atoms with Crippen LogP contribution in [0.1, 0.15) is 48.7 Å². The maximum atomic E-state index is 13.6. The largest absolute Gasteiger partial charge is 0.481 e. The minimum Gasteiger partial charge on any atom is -0.481 e. The molecule has 0 fully saturated rings. The van der Waals surface area contributed by atoms with Crippen LogP contribution in [0.4, 0.5) is 13.2 Å². The van der Waals surface area contributed by atoms with Gasteiger partial charge in [0.05, 0.1) is 22.4 Å². The van der Waals surface area contributed by atoms with Crippen LogP contribution in [-0.4, -0.2) is 65.6 Å². The van der Waals surface area contributed by atoms with Crippen molar-refractivity contribution in [1.29, 1.82) is 0 Å². The summed E-state index contributed by atoms with van der Waals surface area (Å²) in [7, 11) is 0. The maximum Gasteiger partial charge on any atom is 0.403 e. The smallest absolute Gasteiger partial charge is 0.403 e. The fourth-order valence-electron chi connectivity index (χ4n) is 4.69. The quantitative estimate of drug-likeness (QED) is 0.117. The molecule has 1 aromatic heterocycles. The lowest BCUT2D eigenvalue weighted by Crippen LogP contribution is -2.37. The van der Waals surface area contributed by atoms with Crippen LogP contribution < -0.4 is 5.32 Å². The summed E-state index contributed by atoms with van der Waals surface area (Å²) in [5.41, 5.74) is 4.45. The number of carboxylic acid groups (broad SMARTS) is 1. The average Bonchev–Trinajstić information content (AvgIpc) is 3.24. The number of allylic oxidation sites excluding steroid dienone is 3. The molecule has 0 spiro atoms. The summed E-state index contributed by atoms with van der Waals surface area (Å²) >= 11 is -1.17. The van der Waals surface area contributed by atoms with Crippen molar-refractivity contribution in [3.8, 4) is 11.3 Å². The highest BCUT2D eigenvalue weighted by Gasteiger charge is 2.37. The number of fused-ring (bicyclic) bond motifs is 1. The lowest BCUT2D eigenvalue weighted by Gasteiger charge is -2.23. The number of aliphatic carboxylic acids is 1. The maximum absolute atomic E-state index is 13.6. The van der Waals surface area contributed by atoms with Crippen molar-refractivity contribution in [2.24, 2.45) is 0 Å². The Morgan fingerprint density at radius 2 is 1.84 bits per heavy atom. The fourth-order valence-corrected chi connectivity index (χ4v) is 6.59. The summed E-state index contributed by atoms with van der Waals surface area (Å²) in [5, 5.41) is 12.1. The van der Waals surface area contributed by atoms with Crippen molar-refractivity contribution in [2.75, 3.05) is 19.6 Å². The van der Waals surface area contributed by atoms with E-state index in [-0.39, 0.29) is 12.3 Å². The van der Waals surface area contributed by atoms with Gasteiger partial charge in [-0.25, -0.2) is 9.97 Å². The molecule has 1 atom stereocenters. The lowest BCUT2D eigenvalue weighted by atomic mass is 10.0. The molecule has 0 aliphatic carbocycles. The summed E-state index contributed by atoms with van der Waals surface area (Å²) < 4.78 is 40.1. The molecule has 43 heavy (non-hydrogen) atoms. The second-order valence-corrected chi connectivity index (χ2v) is 12.9. The first-order chi connectivity index (χ1) is 20.7. The molecule has 1 unspecified atom stereocenters. The van der Waals surface area contributed by atoms with Gasteiger partial charge in [-0.2, -0.15) is 13.2 Å². The number of alkyl halides is 4. The fraction of sp³-hybridized carbons (Fsp3) is 0.344. The van der Waals surface area contributed by atoms with Crippen molar-refractivity contribution in [2.45, 2.75) is 49.1 Å². The number of carboxylic acids is 1. The zero-order valence-corrected chi connectivity index (χ0v) is 25.9. The van der Waals surface area contributed by atoms with Crippen LogP contribution in [0.3, 0.4) is 0 Å². The number of aryl methyl sites for hydroxylation is 1. The van der Waals surface area contributed by atoms with E-state index in [2.05, 4.69) is 5.32 Å². The number of hydrogen-bond donors (Lipinski definition) is 2. The number of halogens is 4. The molecule has 3 aromatic rings. The van der Waals surface area contributed by atoms with Crippen LogP contribution in [0, 0.1) is 0 Å². The molecular weight excluding hydrogens is 672 g/mol. The summed E-state index contributed by atoms with van der Waals surface area (Å²) in [5.74, 6) is -1.03. The second-order valence-electron chi connectivity index (χ2n) is 10.1. The van der Waals surface area contributed by atoms with Gasteiger partial charge in [0.25, 0.3) is 5.91 Å². The molecule has 2 aromatic carbocycles. The highest BCUT2D eigenvalue weighted by molar-refractivity contribution is 14.2. The predicted molar refractivity (Wildman–Crippen MR) is 172 cm³/mol. The number of amides is 1. The molecule has 2 heterocycles. The molecule has 4 rings (SSSR count). The van der Waals surface area contributed by atoms with Crippen molar-refractivity contribution in [3.63, 3.8) is 0 Å². The molecule has 228 valence electrons. The Hall–Kier alpha value is -3.61. The molecule has 0 saturated heterocycles. The first-order valence-corrected chi connectivity index (χ1v) is 16.7. The Balaban J connectivity index is 1.53. The number of carbonyl (C=O) groups excluding carboxylic acids is 1. The van der Waals surface area contributed by atoms with Gasteiger partial charge >= 0.3 is 12.1 Å². The van der Waals surface area contributed by atoms with Crippen LogP contribution in [0.15, 0.2) is 72.5 Å². The third-order valence-corrected chi connectivity index (χ3v) is 9.44. The van der Waals surface area contributed by atoms with E-state index in [0.29, 0.717) is 61.2 Å². The minimum absolute atomic E-state index is 0.0821. The Kier molecular flexibility index (Phi) is 11.4. The number of benzene rings is 2. The highest BCUT2D eigenvalue weighted by atomic mass is 127. The molecule has 1 aliphatic rings. The summed E-state index contributed by atoms with van der Waals surface area (Å²) in [6, 6.07) is 14.9. The average molecular weight is 707 g/mol. The van der Waals surface area contributed by atoms with Crippen molar-refractivity contribution in [1.82, 2.24) is 20.2 Å². The van der Waals surface area contributed by atoms with E-state index in [0.717, 1.165) is 23.4 Å². The van der Waals surface area contributed by atoms with Gasteiger partial charge in [-0.1, -0.05) is 43.3 Å². The van der Waals surface area contributed by atoms with Gasteiger partial charge in [0, 0.05) is 42.9 Å². The lowest BCUT2D eigenvalue weighted by molar-refractivity contribution is -0.137. The van der Waals surface area contributed by atoms with Crippen molar-refractivity contribution in [3.05, 3.63) is 83.7 Å². The molecule has 11 heteroatoms. The third-order valence-electron chi connectivity index (χ3n) is 6.77. The highest BCUT2D eigenvalue weighted by Crippen LogP contribution is 2.32. The SMILES string of the molecule is CCCN(CCNC1=CC(C(F)(F)F)I=CC=C1)C(=O)c1ccc2nc(-c3ccccc3)c(CCCCC(=O)O)nc2c1. The van der Waals surface area contributed by atoms with E-state index in [1.54, 1.807) is 39.3 Å². The number of hydrogen-bond acceptors (Lipinski definition) is 5. The normalized spacial score (nSPS) is 15.0. The summed E-state index contributed by atoms with van der Waals surface area (Å²) in [6.45, 7) is 3.08. The topological polar surface area (TPSA) is 95.4 Å². The number of nitrogens with zero attached hydrogens (tertiary/aromatic N) is 3. The van der Waals surface area contributed by atoms with Gasteiger partial charge in [0.2, 0.25) is 0 Å². The van der Waals surface area contributed by atoms with Gasteiger partial charge in [-0.3, -0.25) is 9.59 Å². The summed E-state index contributed by atoms with van der Waals surface area (Å²) in [6.07, 6.45) is 2.77. The zero-order valence-electron chi connectivity index (χ0n) is 23.8. The molecule has 0 radical (unpaired) electrons. The van der Waals surface area contributed by atoms with Gasteiger partial charge in [0.15, 0.2) is 0 Å². The molecule has 7 nitrogen and oxygen atoms in total. The van der Waals surface area contributed by atoms with Crippen molar-refractivity contribution < 1.29 is 27.9 Å². The van der Waals surface area contributed by atoms with Gasteiger partial charge in [-0.05, 0) is 60.0 Å². The molecular formula is C32H34F3IN4O3. The number of rotatable bonds is 13. The van der Waals surface area contributed by atoms with E-state index in [1.807, 2.05) is 37.3 Å². The number of carbonyl (C=O) groups is 2. The van der Waals surface area contributed by atoms with E-state index >= 15 is 0 Å². The van der Waals surface area contributed by atoms with Gasteiger partial charge in [-0.15, -0.1) is 20.7 Å². The minimum atomic E-state index is -4.27. The third kappa shape index (κ3) is 9.19. The molecule has 1 amide bonds. The zero-order chi connectivity index (χ0) is 30.8. The first-order valence-electron chi connectivity index (χ1n) is 14.2. The van der Waals surface area contributed by atoms with E-state index in [4.69, 9.17) is 15.1 Å². The van der Waals surface area contributed by atoms with Gasteiger partial charge < -0.3 is 15.3 Å². The Morgan fingerprint density at radius 3 is 2.56 bits per heavy atom. The number of nitrogens with one attached hydrogen (secondary N) is 1. The van der Waals surface area contributed by atoms with E-state index in [9.17, 15) is 22.8 Å². The standard InChI is InChI=1S/C32H34F3IN4O3/c1-2-18-40(19-17-37-24-11-8-16-36-28(21-24)32(33,34)35)31(43)23-14-15-25-27(20-23)38-26(12-6-7-13-29(41)42)30(39-25)22-9-4-3-5-10-22/h3-5,8-11,14-16,20-21,28,37H,2,6-7,12-13,17-19H2,1H3,(H,41,42). The Labute approximate surface area is 258 Å². The Bertz CT molecular complexity index is 1520. The van der Waals surface area contributed by atoms with Crippen LogP contribution in [0.2, 0.25) is 0 Å². The van der Waals surface area contributed by atoms with Crippen LogP contribution in [0.5, 0.6) is 0 Å². The molecule has 0 bridgehead atoms. The monoisotopic (exact) mass is 706 g/mol. The summed E-state index contributed by atoms with van der Waals surface area (Å²) in [4.78, 5) is 36.0. The first kappa shape index (κ1) is 32.3. The second kappa shape index (κ2) is 15.2. The molecule has 2 N–H and O–H groups in total. The number of aromatic nitrogens is 2. The van der Waals surface area contributed by atoms with Crippen LogP contribution in [-0.2, 0) is 11.2 Å². The van der Waals surface area contributed by atoms with E-state index in [1.165, 1.54) is 6.08 Å². The Morgan fingerprint density at radius 1 is 1.05 bits per heavy atom. The van der Waals surface area contributed by atoms with Crippen LogP contribution in [0.25, 0.3) is 22.3 Å². The molecule has 1 aliphatic heterocycles.